The number of aryl methyl sites for hydroxylation is 1. The van der Waals surface area contributed by atoms with Crippen LogP contribution in [0.25, 0.3) is 0 Å². The van der Waals surface area contributed by atoms with E-state index in [4.69, 9.17) is 28.4 Å². The van der Waals surface area contributed by atoms with Crippen molar-refractivity contribution >= 4 is 29.6 Å². The number of rotatable bonds is 22. The van der Waals surface area contributed by atoms with Gasteiger partial charge in [-0.25, -0.2) is 0 Å². The fourth-order valence-electron chi connectivity index (χ4n) is 5.76. The van der Waals surface area contributed by atoms with Gasteiger partial charge in [-0.1, -0.05) is 84.0 Å². The van der Waals surface area contributed by atoms with Crippen LogP contribution in [0.4, 0.5) is 5.69 Å². The van der Waals surface area contributed by atoms with E-state index >= 15 is 0 Å². The number of unbranched alkanes of at least 4 members (excludes halogenated alkanes) is 12. The van der Waals surface area contributed by atoms with Gasteiger partial charge in [-0.15, -0.1) is 0 Å². The molecule has 5 atom stereocenters. The van der Waals surface area contributed by atoms with E-state index < -0.39 is 66.1 Å². The van der Waals surface area contributed by atoms with Gasteiger partial charge in [-0.05, 0) is 25.0 Å². The highest BCUT2D eigenvalue weighted by Gasteiger charge is 2.53. The summed E-state index contributed by atoms with van der Waals surface area (Å²) in [4.78, 5) is 59.1. The molecule has 0 radical (unpaired) electrons. The predicted molar refractivity (Wildman–Crippen MR) is 175 cm³/mol. The molecular weight excluding hydrogens is 626 g/mol. The van der Waals surface area contributed by atoms with E-state index in [0.29, 0.717) is 12.0 Å². The van der Waals surface area contributed by atoms with Crippen LogP contribution in [0.2, 0.25) is 0 Å². The van der Waals surface area contributed by atoms with Crippen LogP contribution in [0.5, 0.6) is 5.75 Å². The molecule has 2 rings (SSSR count). The number of nitrogens with zero attached hydrogens (tertiary/aromatic N) is 1. The lowest BCUT2D eigenvalue weighted by molar-refractivity contribution is -0.385. The van der Waals surface area contributed by atoms with E-state index in [2.05, 4.69) is 6.92 Å². The van der Waals surface area contributed by atoms with Crippen molar-refractivity contribution in [3.05, 3.63) is 33.9 Å². The summed E-state index contributed by atoms with van der Waals surface area (Å²) in [6, 6.07) is 4.25. The number of carbonyl (C=O) groups is 4. The van der Waals surface area contributed by atoms with Crippen molar-refractivity contribution in [2.45, 2.75) is 155 Å². The molecule has 1 fully saturated rings. The number of hydrogen-bond acceptors (Lipinski definition) is 12. The fourth-order valence-corrected chi connectivity index (χ4v) is 5.76. The van der Waals surface area contributed by atoms with Gasteiger partial charge in [0.25, 0.3) is 5.69 Å². The molecule has 0 spiro atoms. The summed E-state index contributed by atoms with van der Waals surface area (Å²) in [6.07, 6.45) is 9.12. The molecule has 13 nitrogen and oxygen atoms in total. The molecule has 5 unspecified atom stereocenters. The highest BCUT2D eigenvalue weighted by atomic mass is 16.7. The second kappa shape index (κ2) is 22.0. The summed E-state index contributed by atoms with van der Waals surface area (Å²) in [6.45, 7) is 6.39. The number of nitro groups is 1. The number of esters is 4. The Morgan fingerprint density at radius 2 is 1.21 bits per heavy atom. The number of nitro benzene ring substituents is 1. The summed E-state index contributed by atoms with van der Waals surface area (Å²) >= 11 is 0. The predicted octanol–water partition coefficient (Wildman–Crippen LogP) is 6.69. The van der Waals surface area contributed by atoms with Crippen LogP contribution in [0, 0.1) is 10.1 Å². The minimum atomic E-state index is -1.43. The molecule has 13 heteroatoms. The zero-order valence-corrected chi connectivity index (χ0v) is 29.1. The average Bonchev–Trinajstić information content (AvgIpc) is 3.00. The van der Waals surface area contributed by atoms with Crippen LogP contribution in [0.15, 0.2) is 18.2 Å². The van der Waals surface area contributed by atoms with E-state index in [-0.39, 0.29) is 11.4 Å². The maximum Gasteiger partial charge on any atom is 0.303 e. The van der Waals surface area contributed by atoms with Crippen molar-refractivity contribution < 1.29 is 52.5 Å². The van der Waals surface area contributed by atoms with Crippen LogP contribution in [0.3, 0.4) is 0 Å². The van der Waals surface area contributed by atoms with Crippen molar-refractivity contribution in [2.24, 2.45) is 0 Å². The normalized spacial score (nSPS) is 20.4. The minimum Gasteiger partial charge on any atom is -0.463 e. The number of ether oxygens (including phenoxy) is 6. The van der Waals surface area contributed by atoms with Crippen LogP contribution in [-0.4, -0.2) is 66.1 Å². The third kappa shape index (κ3) is 15.0. The lowest BCUT2D eigenvalue weighted by atomic mass is 9.98. The Balaban J connectivity index is 2.12. The molecule has 1 aromatic carbocycles. The Morgan fingerprint density at radius 1 is 0.708 bits per heavy atom. The summed E-state index contributed by atoms with van der Waals surface area (Å²) in [5, 5.41) is 11.8. The Bertz CT molecular complexity index is 1190. The van der Waals surface area contributed by atoms with Crippen LogP contribution < -0.4 is 4.74 Å². The third-order valence-corrected chi connectivity index (χ3v) is 8.00. The number of hydrogen-bond donors (Lipinski definition) is 0. The summed E-state index contributed by atoms with van der Waals surface area (Å²) in [5.74, 6) is -2.75. The minimum absolute atomic E-state index is 0.0529. The van der Waals surface area contributed by atoms with E-state index in [1.165, 1.54) is 82.9 Å². The van der Waals surface area contributed by atoms with Crippen molar-refractivity contribution in [1.82, 2.24) is 0 Å². The average molecular weight is 680 g/mol. The summed E-state index contributed by atoms with van der Waals surface area (Å²) in [7, 11) is 0. The smallest absolute Gasteiger partial charge is 0.303 e. The largest absolute Gasteiger partial charge is 0.463 e. The Hall–Kier alpha value is -3.74. The molecule has 1 aliphatic heterocycles. The second-order valence-corrected chi connectivity index (χ2v) is 12.2. The highest BCUT2D eigenvalue weighted by molar-refractivity contribution is 5.68. The van der Waals surface area contributed by atoms with Gasteiger partial charge in [0, 0.05) is 39.3 Å². The Kier molecular flexibility index (Phi) is 18.5. The molecule has 1 saturated heterocycles. The molecule has 1 aromatic rings. The fraction of sp³-hybridized carbons (Fsp3) is 0.714. The molecule has 0 saturated carbocycles. The van der Waals surface area contributed by atoms with Gasteiger partial charge in [0.15, 0.2) is 12.2 Å². The molecular formula is C35H53NO12. The first-order chi connectivity index (χ1) is 22.9. The van der Waals surface area contributed by atoms with Gasteiger partial charge in [0.1, 0.15) is 18.5 Å². The van der Waals surface area contributed by atoms with E-state index in [9.17, 15) is 29.3 Å². The molecule has 1 aliphatic rings. The van der Waals surface area contributed by atoms with Crippen LogP contribution in [0.1, 0.15) is 124 Å². The maximum atomic E-state index is 12.1. The molecule has 0 aliphatic carbocycles. The molecule has 0 aromatic heterocycles. The number of carbonyl (C=O) groups excluding carboxylic acids is 4. The molecule has 1 heterocycles. The van der Waals surface area contributed by atoms with Gasteiger partial charge in [0.05, 0.1) is 4.92 Å². The van der Waals surface area contributed by atoms with Crippen molar-refractivity contribution in [1.29, 1.82) is 0 Å². The van der Waals surface area contributed by atoms with Gasteiger partial charge in [-0.3, -0.25) is 29.3 Å². The van der Waals surface area contributed by atoms with Gasteiger partial charge in [-0.2, -0.15) is 0 Å². The Labute approximate surface area is 283 Å². The zero-order valence-electron chi connectivity index (χ0n) is 29.1. The first-order valence-corrected chi connectivity index (χ1v) is 17.2. The first-order valence-electron chi connectivity index (χ1n) is 17.2. The van der Waals surface area contributed by atoms with Gasteiger partial charge in [0.2, 0.25) is 12.4 Å². The second-order valence-electron chi connectivity index (χ2n) is 12.2. The van der Waals surface area contributed by atoms with Crippen LogP contribution >= 0.6 is 0 Å². The van der Waals surface area contributed by atoms with E-state index in [1.54, 1.807) is 0 Å². The molecule has 0 bridgehead atoms. The topological polar surface area (TPSA) is 167 Å². The van der Waals surface area contributed by atoms with E-state index in [1.807, 2.05) is 0 Å². The number of benzene rings is 1. The van der Waals surface area contributed by atoms with Gasteiger partial charge >= 0.3 is 23.9 Å². The summed E-state index contributed by atoms with van der Waals surface area (Å²) < 4.78 is 33.4. The van der Waals surface area contributed by atoms with Crippen molar-refractivity contribution in [3.8, 4) is 5.75 Å². The molecule has 0 N–H and O–H groups in total. The first kappa shape index (κ1) is 40.4. The highest BCUT2D eigenvalue weighted by Crippen LogP contribution is 2.33. The lowest BCUT2D eigenvalue weighted by Gasteiger charge is -2.43. The molecule has 48 heavy (non-hydrogen) atoms. The summed E-state index contributed by atoms with van der Waals surface area (Å²) in [5.41, 5.74) is 0.411. The van der Waals surface area contributed by atoms with E-state index in [0.717, 1.165) is 46.5 Å². The van der Waals surface area contributed by atoms with Gasteiger partial charge < -0.3 is 28.4 Å². The van der Waals surface area contributed by atoms with Crippen LogP contribution in [-0.2, 0) is 49.3 Å². The molecule has 0 amide bonds. The maximum absolute atomic E-state index is 12.1. The lowest BCUT2D eigenvalue weighted by Crippen LogP contribution is -2.63. The monoisotopic (exact) mass is 679 g/mol. The standard InChI is InChI=1S/C35H53NO12/c1-6-7-8-9-10-11-12-13-14-15-16-17-18-19-28-22-29(20-21-30(28)36(41)42)47-35-34(46-27(5)40)33(45-26(4)39)32(44-25(3)38)31(48-35)23-43-24(2)37/h20-22,31-35H,6-19,23H2,1-5H3. The SMILES string of the molecule is CCCCCCCCCCCCCCCc1cc(OC2OC(COC(C)=O)C(OC(C)=O)C(OC(C)=O)C2OC(C)=O)ccc1[N+](=O)[O-]. The molecule has 270 valence electrons. The van der Waals surface area contributed by atoms with Crippen molar-refractivity contribution in [2.75, 3.05) is 6.61 Å². The quantitative estimate of drug-likeness (QED) is 0.0419. The Morgan fingerprint density at radius 3 is 1.71 bits per heavy atom. The third-order valence-electron chi connectivity index (χ3n) is 8.00. The van der Waals surface area contributed by atoms with Crippen molar-refractivity contribution in [3.63, 3.8) is 0 Å². The zero-order chi connectivity index (χ0) is 35.5.